The first-order valence-electron chi connectivity index (χ1n) is 8.72. The van der Waals surface area contributed by atoms with Crippen LogP contribution in [-0.2, 0) is 4.79 Å². The van der Waals surface area contributed by atoms with Gasteiger partial charge in [-0.05, 0) is 52.7 Å². The zero-order valence-corrected chi connectivity index (χ0v) is 18.7. The van der Waals surface area contributed by atoms with Gasteiger partial charge in [-0.3, -0.25) is 4.79 Å². The highest BCUT2D eigenvalue weighted by Crippen LogP contribution is 2.39. The maximum Gasteiger partial charge on any atom is 0.240 e. The van der Waals surface area contributed by atoms with E-state index in [0.717, 1.165) is 21.6 Å². The molecule has 29 heavy (non-hydrogen) atoms. The van der Waals surface area contributed by atoms with Crippen LogP contribution in [0.15, 0.2) is 52.1 Å². The van der Waals surface area contributed by atoms with Gasteiger partial charge in [0.2, 0.25) is 11.1 Å². The highest BCUT2D eigenvalue weighted by atomic mass is 79.9. The summed E-state index contributed by atoms with van der Waals surface area (Å²) in [6.45, 7) is 1.86. The van der Waals surface area contributed by atoms with Crippen LogP contribution in [-0.4, -0.2) is 33.1 Å². The molecule has 0 radical (unpaired) electrons. The van der Waals surface area contributed by atoms with E-state index in [-0.39, 0.29) is 11.9 Å². The predicted molar refractivity (Wildman–Crippen MR) is 117 cm³/mol. The fourth-order valence-corrected chi connectivity index (χ4v) is 4.92. The summed E-state index contributed by atoms with van der Waals surface area (Å²) in [6, 6.07) is 12.6. The lowest BCUT2D eigenvalue weighted by atomic mass is 10.0. The van der Waals surface area contributed by atoms with E-state index in [4.69, 9.17) is 16.3 Å². The summed E-state index contributed by atoms with van der Waals surface area (Å²) in [5.74, 6) is 1.25. The van der Waals surface area contributed by atoms with E-state index in [1.165, 1.54) is 11.8 Å². The summed E-state index contributed by atoms with van der Waals surface area (Å²) in [5, 5.41) is 11.8. The molecule has 7 nitrogen and oxygen atoms in total. The standard InChI is InChI=1S/C19H17BrClN5O2S/c1-10-23-24-19-26(10)25-16(11-7-8-15(28-2)12(20)9-11)17(29-19)18(27)22-14-6-4-3-5-13(14)21/h3-9,16-17,25H,1-2H3,(H,22,27)/t16-,17+/m1/s1. The number of ether oxygens (including phenoxy) is 1. The van der Waals surface area contributed by atoms with Crippen LogP contribution >= 0.6 is 39.3 Å². The largest absolute Gasteiger partial charge is 0.496 e. The number of amides is 1. The van der Waals surface area contributed by atoms with Crippen LogP contribution in [0.2, 0.25) is 5.02 Å². The number of carbonyl (C=O) groups excluding carboxylic acids is 1. The SMILES string of the molecule is COc1ccc([C@H]2Nn3c(C)nnc3S[C@@H]2C(=O)Nc2ccccc2Cl)cc1Br. The minimum atomic E-state index is -0.498. The number of hydrogen-bond donors (Lipinski definition) is 2. The Kier molecular flexibility index (Phi) is 5.71. The molecule has 0 saturated heterocycles. The summed E-state index contributed by atoms with van der Waals surface area (Å²) in [7, 11) is 1.61. The van der Waals surface area contributed by atoms with Crippen molar-refractivity contribution in [3.63, 3.8) is 0 Å². The lowest BCUT2D eigenvalue weighted by molar-refractivity contribution is -0.116. The van der Waals surface area contributed by atoms with E-state index < -0.39 is 5.25 Å². The Labute approximate surface area is 185 Å². The highest BCUT2D eigenvalue weighted by Gasteiger charge is 2.37. The smallest absolute Gasteiger partial charge is 0.240 e. The average Bonchev–Trinajstić information content (AvgIpc) is 3.08. The zero-order valence-electron chi connectivity index (χ0n) is 15.5. The Morgan fingerprint density at radius 3 is 2.83 bits per heavy atom. The normalized spacial score (nSPS) is 17.9. The fraction of sp³-hybridized carbons (Fsp3) is 0.211. The predicted octanol–water partition coefficient (Wildman–Crippen LogP) is 4.41. The molecule has 0 spiro atoms. The van der Waals surface area contributed by atoms with Gasteiger partial charge in [0.15, 0.2) is 0 Å². The van der Waals surface area contributed by atoms with Gasteiger partial charge >= 0.3 is 0 Å². The van der Waals surface area contributed by atoms with Crippen LogP contribution < -0.4 is 15.5 Å². The van der Waals surface area contributed by atoms with Crippen LogP contribution in [0.25, 0.3) is 0 Å². The van der Waals surface area contributed by atoms with Gasteiger partial charge in [0, 0.05) is 0 Å². The molecule has 3 aromatic rings. The maximum atomic E-state index is 13.2. The molecule has 2 heterocycles. The Morgan fingerprint density at radius 2 is 2.10 bits per heavy atom. The molecule has 0 saturated carbocycles. The van der Waals surface area contributed by atoms with Gasteiger partial charge in [0.1, 0.15) is 16.8 Å². The van der Waals surface area contributed by atoms with Crippen molar-refractivity contribution in [1.29, 1.82) is 0 Å². The second kappa shape index (κ2) is 8.25. The van der Waals surface area contributed by atoms with Crippen LogP contribution in [0.5, 0.6) is 5.75 Å². The molecule has 2 N–H and O–H groups in total. The number of anilines is 1. The van der Waals surface area contributed by atoms with Crippen molar-refractivity contribution in [3.05, 3.63) is 63.3 Å². The van der Waals surface area contributed by atoms with E-state index in [1.54, 1.807) is 23.9 Å². The molecular formula is C19H17BrClN5O2S. The molecule has 1 aromatic heterocycles. The minimum absolute atomic E-state index is 0.181. The van der Waals surface area contributed by atoms with Gasteiger partial charge in [0.05, 0.1) is 28.3 Å². The summed E-state index contributed by atoms with van der Waals surface area (Å²) < 4.78 is 7.93. The molecule has 4 rings (SSSR count). The Balaban J connectivity index is 1.70. The molecule has 0 aliphatic carbocycles. The van der Waals surface area contributed by atoms with Crippen molar-refractivity contribution >= 4 is 50.9 Å². The number of para-hydroxylation sites is 1. The first-order valence-corrected chi connectivity index (χ1v) is 10.8. The number of aromatic nitrogens is 3. The maximum absolute atomic E-state index is 13.2. The monoisotopic (exact) mass is 493 g/mol. The third kappa shape index (κ3) is 3.94. The number of carbonyl (C=O) groups is 1. The number of fused-ring (bicyclic) bond motifs is 1. The summed E-state index contributed by atoms with van der Waals surface area (Å²) >= 11 is 11.1. The molecule has 0 bridgehead atoms. The number of methoxy groups -OCH3 is 1. The van der Waals surface area contributed by atoms with Crippen LogP contribution in [0.4, 0.5) is 5.69 Å². The van der Waals surface area contributed by atoms with Gasteiger partial charge in [-0.15, -0.1) is 10.2 Å². The van der Waals surface area contributed by atoms with E-state index in [0.29, 0.717) is 15.9 Å². The van der Waals surface area contributed by atoms with E-state index in [2.05, 4.69) is 36.9 Å². The van der Waals surface area contributed by atoms with Crippen LogP contribution in [0.3, 0.4) is 0 Å². The number of rotatable bonds is 4. The number of hydrogen-bond acceptors (Lipinski definition) is 6. The molecule has 1 aliphatic heterocycles. The molecule has 150 valence electrons. The Morgan fingerprint density at radius 1 is 1.31 bits per heavy atom. The molecule has 0 unspecified atom stereocenters. The first kappa shape index (κ1) is 20.1. The number of aryl methyl sites for hydroxylation is 1. The van der Waals surface area contributed by atoms with Crippen LogP contribution in [0, 0.1) is 6.92 Å². The first-order chi connectivity index (χ1) is 14.0. The van der Waals surface area contributed by atoms with E-state index >= 15 is 0 Å². The molecule has 1 aliphatic rings. The Hall–Kier alpha value is -2.23. The second-order valence-electron chi connectivity index (χ2n) is 6.37. The van der Waals surface area contributed by atoms with Crippen LogP contribution in [0.1, 0.15) is 17.4 Å². The van der Waals surface area contributed by atoms with E-state index in [1.807, 2.05) is 37.3 Å². The average molecular weight is 495 g/mol. The molecule has 0 fully saturated rings. The number of halogens is 2. The number of nitrogens with zero attached hydrogens (tertiary/aromatic N) is 3. The van der Waals surface area contributed by atoms with Crippen molar-refractivity contribution < 1.29 is 9.53 Å². The molecule has 1 amide bonds. The third-order valence-electron chi connectivity index (χ3n) is 4.52. The summed E-state index contributed by atoms with van der Waals surface area (Å²) in [6.07, 6.45) is 0. The van der Waals surface area contributed by atoms with Gasteiger partial charge < -0.3 is 15.5 Å². The van der Waals surface area contributed by atoms with Crippen molar-refractivity contribution in [1.82, 2.24) is 14.9 Å². The van der Waals surface area contributed by atoms with Crippen molar-refractivity contribution in [3.8, 4) is 5.75 Å². The lowest BCUT2D eigenvalue weighted by Gasteiger charge is -2.33. The number of nitrogens with one attached hydrogen (secondary N) is 2. The third-order valence-corrected chi connectivity index (χ3v) is 6.69. The van der Waals surface area contributed by atoms with Gasteiger partial charge in [0.25, 0.3) is 0 Å². The minimum Gasteiger partial charge on any atom is -0.496 e. The lowest BCUT2D eigenvalue weighted by Crippen LogP contribution is -2.41. The quantitative estimate of drug-likeness (QED) is 0.559. The second-order valence-corrected chi connectivity index (χ2v) is 8.74. The fourth-order valence-electron chi connectivity index (χ4n) is 3.05. The summed E-state index contributed by atoms with van der Waals surface area (Å²) in [4.78, 5) is 13.2. The highest BCUT2D eigenvalue weighted by molar-refractivity contribution is 9.10. The number of thioether (sulfide) groups is 1. The molecular weight excluding hydrogens is 478 g/mol. The molecule has 2 atom stereocenters. The van der Waals surface area contributed by atoms with Crippen molar-refractivity contribution in [2.75, 3.05) is 17.9 Å². The number of benzene rings is 2. The summed E-state index contributed by atoms with van der Waals surface area (Å²) in [5.41, 5.74) is 4.86. The van der Waals surface area contributed by atoms with Gasteiger partial charge in [-0.25, -0.2) is 4.68 Å². The van der Waals surface area contributed by atoms with E-state index in [9.17, 15) is 4.79 Å². The topological polar surface area (TPSA) is 81.1 Å². The molecule has 2 aromatic carbocycles. The van der Waals surface area contributed by atoms with Crippen molar-refractivity contribution in [2.45, 2.75) is 23.4 Å². The van der Waals surface area contributed by atoms with Crippen molar-refractivity contribution in [2.24, 2.45) is 0 Å². The molecule has 10 heteroatoms. The van der Waals surface area contributed by atoms with Gasteiger partial charge in [-0.1, -0.05) is 41.6 Å². The van der Waals surface area contributed by atoms with Gasteiger partial charge in [-0.2, -0.15) is 0 Å². The Bertz CT molecular complexity index is 1080. The zero-order chi connectivity index (χ0) is 20.5.